The monoisotopic (exact) mass is 260 g/mol. The van der Waals surface area contributed by atoms with E-state index in [-0.39, 0.29) is 0 Å². The molecule has 1 heterocycles. The van der Waals surface area contributed by atoms with Crippen LogP contribution in [-0.4, -0.2) is 11.5 Å². The molecular weight excluding hydrogens is 240 g/mol. The molecule has 1 aromatic heterocycles. The van der Waals surface area contributed by atoms with Gasteiger partial charge in [0.2, 0.25) is 0 Å². The summed E-state index contributed by atoms with van der Waals surface area (Å²) in [5, 5.41) is 3.33. The van der Waals surface area contributed by atoms with Crippen LogP contribution in [0.15, 0.2) is 29.6 Å². The molecule has 3 heteroatoms. The van der Waals surface area contributed by atoms with Crippen molar-refractivity contribution >= 4 is 11.3 Å². The number of benzene rings is 1. The Morgan fingerprint density at radius 2 is 1.94 bits per heavy atom. The van der Waals surface area contributed by atoms with Gasteiger partial charge in [0.15, 0.2) is 0 Å². The molecule has 0 unspecified atom stereocenters. The third-order valence-corrected chi connectivity index (χ3v) is 3.84. The molecule has 2 aromatic rings. The van der Waals surface area contributed by atoms with Crippen LogP contribution >= 0.6 is 11.3 Å². The van der Waals surface area contributed by atoms with Gasteiger partial charge in [-0.3, -0.25) is 0 Å². The van der Waals surface area contributed by atoms with Crippen molar-refractivity contribution in [1.82, 2.24) is 4.98 Å². The Kier molecular flexibility index (Phi) is 4.90. The number of aryl methyl sites for hydroxylation is 2. The third-order valence-electron chi connectivity index (χ3n) is 2.93. The van der Waals surface area contributed by atoms with Gasteiger partial charge < -0.3 is 5.73 Å². The first-order chi connectivity index (χ1) is 8.83. The van der Waals surface area contributed by atoms with Crippen LogP contribution in [0, 0.1) is 0 Å². The van der Waals surface area contributed by atoms with Crippen molar-refractivity contribution in [3.63, 3.8) is 0 Å². The molecule has 0 bridgehead atoms. The van der Waals surface area contributed by atoms with E-state index in [2.05, 4.69) is 41.6 Å². The quantitative estimate of drug-likeness (QED) is 0.861. The Hall–Kier alpha value is -1.19. The van der Waals surface area contributed by atoms with Crippen LogP contribution in [0.3, 0.4) is 0 Å². The Morgan fingerprint density at radius 3 is 2.61 bits per heavy atom. The average molecular weight is 260 g/mol. The van der Waals surface area contributed by atoms with Crippen molar-refractivity contribution in [1.29, 1.82) is 0 Å². The normalized spacial score (nSPS) is 10.8. The molecule has 0 aliphatic carbocycles. The smallest absolute Gasteiger partial charge is 0.0933 e. The summed E-state index contributed by atoms with van der Waals surface area (Å²) in [5.41, 5.74) is 9.22. The van der Waals surface area contributed by atoms with Crippen LogP contribution in [0.5, 0.6) is 0 Å². The van der Waals surface area contributed by atoms with Gasteiger partial charge in [-0.25, -0.2) is 4.98 Å². The minimum Gasteiger partial charge on any atom is -0.330 e. The summed E-state index contributed by atoms with van der Waals surface area (Å²) in [6.45, 7) is 2.94. The summed E-state index contributed by atoms with van der Waals surface area (Å²) >= 11 is 1.73. The number of rotatable bonds is 6. The summed E-state index contributed by atoms with van der Waals surface area (Å²) in [6.07, 6.45) is 4.36. The molecule has 0 aliphatic heterocycles. The van der Waals surface area contributed by atoms with Crippen molar-refractivity contribution in [2.45, 2.75) is 32.6 Å². The van der Waals surface area contributed by atoms with E-state index in [0.717, 1.165) is 31.5 Å². The predicted octanol–water partition coefficient (Wildman–Crippen LogP) is 3.65. The summed E-state index contributed by atoms with van der Waals surface area (Å²) in [6, 6.07) is 8.76. The van der Waals surface area contributed by atoms with E-state index < -0.39 is 0 Å². The lowest BCUT2D eigenvalue weighted by Gasteiger charge is -2.00. The first-order valence-electron chi connectivity index (χ1n) is 6.57. The summed E-state index contributed by atoms with van der Waals surface area (Å²) in [7, 11) is 0. The molecule has 0 aliphatic rings. The van der Waals surface area contributed by atoms with Gasteiger partial charge in [0.05, 0.1) is 10.7 Å². The van der Waals surface area contributed by atoms with E-state index >= 15 is 0 Å². The van der Waals surface area contributed by atoms with E-state index in [9.17, 15) is 0 Å². The molecule has 2 N–H and O–H groups in total. The third kappa shape index (κ3) is 3.40. The van der Waals surface area contributed by atoms with Crippen molar-refractivity contribution in [2.24, 2.45) is 5.73 Å². The van der Waals surface area contributed by atoms with Gasteiger partial charge in [-0.05, 0) is 24.9 Å². The SMILES string of the molecule is CCCc1ccc(-c2csc(CCCN)n2)cc1. The van der Waals surface area contributed by atoms with Gasteiger partial charge in [0.25, 0.3) is 0 Å². The first-order valence-corrected chi connectivity index (χ1v) is 7.45. The Labute approximate surface area is 113 Å². The molecule has 0 amide bonds. The second-order valence-electron chi connectivity index (χ2n) is 4.47. The van der Waals surface area contributed by atoms with Gasteiger partial charge in [0.1, 0.15) is 0 Å². The number of thiazole rings is 1. The topological polar surface area (TPSA) is 38.9 Å². The lowest BCUT2D eigenvalue weighted by molar-refractivity contribution is 0.827. The zero-order valence-electron chi connectivity index (χ0n) is 10.9. The van der Waals surface area contributed by atoms with E-state index in [1.807, 2.05) is 0 Å². The minimum absolute atomic E-state index is 0.737. The zero-order chi connectivity index (χ0) is 12.8. The second-order valence-corrected chi connectivity index (χ2v) is 5.41. The summed E-state index contributed by atoms with van der Waals surface area (Å²) < 4.78 is 0. The van der Waals surface area contributed by atoms with Crippen LogP contribution in [0.25, 0.3) is 11.3 Å². The highest BCUT2D eigenvalue weighted by Gasteiger charge is 2.04. The Morgan fingerprint density at radius 1 is 1.17 bits per heavy atom. The van der Waals surface area contributed by atoms with Crippen molar-refractivity contribution in [2.75, 3.05) is 6.54 Å². The standard InChI is InChI=1S/C15H20N2S/c1-2-4-12-6-8-13(9-7-12)14-11-18-15(17-14)5-3-10-16/h6-9,11H,2-5,10,16H2,1H3. The predicted molar refractivity (Wildman–Crippen MR) is 78.9 cm³/mol. The van der Waals surface area contributed by atoms with Gasteiger partial charge in [-0.2, -0.15) is 0 Å². The molecule has 0 radical (unpaired) electrons. The van der Waals surface area contributed by atoms with Crippen LogP contribution in [0.1, 0.15) is 30.3 Å². The van der Waals surface area contributed by atoms with E-state index in [4.69, 9.17) is 5.73 Å². The lowest BCUT2D eigenvalue weighted by Crippen LogP contribution is -1.99. The molecule has 18 heavy (non-hydrogen) atoms. The average Bonchev–Trinajstić information content (AvgIpc) is 2.86. The van der Waals surface area contributed by atoms with Gasteiger partial charge in [0, 0.05) is 17.4 Å². The Balaban J connectivity index is 2.08. The van der Waals surface area contributed by atoms with E-state index in [1.165, 1.54) is 22.6 Å². The molecule has 1 aromatic carbocycles. The fourth-order valence-electron chi connectivity index (χ4n) is 1.94. The maximum Gasteiger partial charge on any atom is 0.0933 e. The number of nitrogens with two attached hydrogens (primary N) is 1. The fraction of sp³-hybridized carbons (Fsp3) is 0.400. The number of aromatic nitrogens is 1. The number of hydrogen-bond acceptors (Lipinski definition) is 3. The molecule has 0 atom stereocenters. The fourth-order valence-corrected chi connectivity index (χ4v) is 2.79. The van der Waals surface area contributed by atoms with Crippen LogP contribution in [0.2, 0.25) is 0 Å². The van der Waals surface area contributed by atoms with E-state index in [0.29, 0.717) is 0 Å². The largest absolute Gasteiger partial charge is 0.330 e. The van der Waals surface area contributed by atoms with Crippen molar-refractivity contribution < 1.29 is 0 Å². The van der Waals surface area contributed by atoms with Gasteiger partial charge in [-0.1, -0.05) is 37.6 Å². The number of hydrogen-bond donors (Lipinski definition) is 1. The second kappa shape index (κ2) is 6.66. The van der Waals surface area contributed by atoms with Crippen LogP contribution < -0.4 is 5.73 Å². The molecular formula is C15H20N2S. The van der Waals surface area contributed by atoms with Gasteiger partial charge >= 0.3 is 0 Å². The molecule has 0 saturated heterocycles. The van der Waals surface area contributed by atoms with Crippen LogP contribution in [0.4, 0.5) is 0 Å². The minimum atomic E-state index is 0.737. The highest BCUT2D eigenvalue weighted by molar-refractivity contribution is 7.09. The summed E-state index contributed by atoms with van der Waals surface area (Å²) in [4.78, 5) is 4.66. The van der Waals surface area contributed by atoms with Gasteiger partial charge in [-0.15, -0.1) is 11.3 Å². The van der Waals surface area contributed by atoms with Crippen molar-refractivity contribution in [3.8, 4) is 11.3 Å². The number of nitrogens with zero attached hydrogens (tertiary/aromatic N) is 1. The maximum atomic E-state index is 5.52. The molecule has 0 spiro atoms. The first kappa shape index (κ1) is 13.2. The molecule has 96 valence electrons. The molecule has 2 rings (SSSR count). The highest BCUT2D eigenvalue weighted by Crippen LogP contribution is 2.23. The lowest BCUT2D eigenvalue weighted by atomic mass is 10.1. The van der Waals surface area contributed by atoms with Crippen LogP contribution in [-0.2, 0) is 12.8 Å². The molecule has 2 nitrogen and oxygen atoms in total. The Bertz CT molecular complexity index is 473. The van der Waals surface area contributed by atoms with E-state index in [1.54, 1.807) is 11.3 Å². The summed E-state index contributed by atoms with van der Waals surface area (Å²) in [5.74, 6) is 0. The zero-order valence-corrected chi connectivity index (χ0v) is 11.7. The molecule has 0 saturated carbocycles. The van der Waals surface area contributed by atoms with Crippen molar-refractivity contribution in [3.05, 3.63) is 40.2 Å². The molecule has 0 fully saturated rings. The highest BCUT2D eigenvalue weighted by atomic mass is 32.1. The maximum absolute atomic E-state index is 5.52.